The smallest absolute Gasteiger partial charge is 0.393 e. The number of nitrogens with two attached hydrogens (primary N) is 1. The third kappa shape index (κ3) is 29.8. The van der Waals surface area contributed by atoms with Crippen molar-refractivity contribution in [2.75, 3.05) is 19.8 Å². The first-order valence-electron chi connectivity index (χ1n) is 17.8. The number of hydrogen-bond acceptors (Lipinski definition) is 7. The van der Waals surface area contributed by atoms with Crippen molar-refractivity contribution in [3.05, 3.63) is 48.6 Å². The number of amides is 1. The van der Waals surface area contributed by atoms with Gasteiger partial charge in [0, 0.05) is 6.54 Å². The van der Waals surface area contributed by atoms with Gasteiger partial charge in [-0.15, -0.1) is 0 Å². The third-order valence-electron chi connectivity index (χ3n) is 7.41. The molecular weight excluding hydrogens is 603 g/mol. The molecule has 0 radical (unpaired) electrons. The molecule has 0 fully saturated rings. The molecule has 1 amide bonds. The molecule has 6 N–H and O–H groups in total. The second-order valence-corrected chi connectivity index (χ2v) is 13.3. The van der Waals surface area contributed by atoms with Crippen LogP contribution in [0.4, 0.5) is 0 Å². The summed E-state index contributed by atoms with van der Waals surface area (Å²) in [7, 11) is -4.41. The molecule has 10 heteroatoms. The van der Waals surface area contributed by atoms with E-state index in [1.54, 1.807) is 6.08 Å². The molecular formula is C36H67N2O7P. The van der Waals surface area contributed by atoms with Crippen LogP contribution in [-0.2, 0) is 18.4 Å². The SMILES string of the molecule is CCCCC/C=C/CC/C=C/CC/C=C/C(O)C(COP(=O)(O)OCCN)NC(=O)CC(O)CCC/C=C\CCCCCCCC. The van der Waals surface area contributed by atoms with E-state index in [1.807, 2.05) is 0 Å². The summed E-state index contributed by atoms with van der Waals surface area (Å²) >= 11 is 0. The molecule has 0 saturated heterocycles. The molecule has 0 rings (SSSR count). The molecule has 0 aromatic carbocycles. The Morgan fingerprint density at radius 1 is 0.739 bits per heavy atom. The van der Waals surface area contributed by atoms with Crippen molar-refractivity contribution < 1.29 is 33.5 Å². The average molecular weight is 671 g/mol. The summed E-state index contributed by atoms with van der Waals surface area (Å²) in [5, 5.41) is 23.8. The van der Waals surface area contributed by atoms with Crippen molar-refractivity contribution in [3.63, 3.8) is 0 Å². The van der Waals surface area contributed by atoms with Gasteiger partial charge in [0.2, 0.25) is 5.91 Å². The lowest BCUT2D eigenvalue weighted by atomic mass is 10.1. The number of carbonyl (C=O) groups is 1. The van der Waals surface area contributed by atoms with Gasteiger partial charge in [-0.1, -0.05) is 107 Å². The molecule has 0 aliphatic carbocycles. The van der Waals surface area contributed by atoms with E-state index in [1.165, 1.54) is 63.9 Å². The number of phosphoric ester groups is 1. The Kier molecular flexibility index (Phi) is 30.9. The van der Waals surface area contributed by atoms with Gasteiger partial charge in [-0.2, -0.15) is 0 Å². The second kappa shape index (κ2) is 32.0. The standard InChI is InChI=1S/C36H67N2O7P/c1-3-5-7-9-11-13-15-16-18-20-22-24-26-28-35(40)34(32-45-46(42,43)44-30-29-37)38-36(41)31-33(39)27-25-23-21-19-17-14-12-10-8-6-4-2/h11,13,18-21,26,28,33-35,39-40H,3-10,12,14-17,22-25,27,29-32,37H2,1-2H3,(H,38,41)(H,42,43)/b13-11+,20-18+,21-19-,28-26+. The lowest BCUT2D eigenvalue weighted by Gasteiger charge is -2.24. The number of phosphoric acid groups is 1. The maximum absolute atomic E-state index is 12.7. The molecule has 268 valence electrons. The fraction of sp³-hybridized carbons (Fsp3) is 0.750. The molecule has 0 heterocycles. The Morgan fingerprint density at radius 2 is 1.24 bits per heavy atom. The Morgan fingerprint density at radius 3 is 1.85 bits per heavy atom. The van der Waals surface area contributed by atoms with E-state index in [9.17, 15) is 24.5 Å². The van der Waals surface area contributed by atoms with Crippen molar-refractivity contribution in [1.82, 2.24) is 5.32 Å². The fourth-order valence-corrected chi connectivity index (χ4v) is 5.43. The fourth-order valence-electron chi connectivity index (χ4n) is 4.68. The Hall–Kier alpha value is -1.58. The van der Waals surface area contributed by atoms with Crippen molar-refractivity contribution >= 4 is 13.7 Å². The highest BCUT2D eigenvalue weighted by atomic mass is 31.2. The van der Waals surface area contributed by atoms with Crippen LogP contribution >= 0.6 is 7.82 Å². The maximum atomic E-state index is 12.7. The van der Waals surface area contributed by atoms with Crippen LogP contribution in [-0.4, -0.2) is 59.0 Å². The van der Waals surface area contributed by atoms with E-state index in [-0.39, 0.29) is 19.6 Å². The lowest BCUT2D eigenvalue weighted by Crippen LogP contribution is -2.46. The normalized spacial score (nSPS) is 15.7. The van der Waals surface area contributed by atoms with Gasteiger partial charge in [-0.3, -0.25) is 13.8 Å². The minimum atomic E-state index is -4.41. The number of unbranched alkanes of at least 4 members (excludes halogenated alkanes) is 12. The minimum absolute atomic E-state index is 0.0381. The number of aliphatic hydroxyl groups is 2. The highest BCUT2D eigenvalue weighted by molar-refractivity contribution is 7.47. The molecule has 0 aliphatic heterocycles. The highest BCUT2D eigenvalue weighted by Gasteiger charge is 2.27. The quantitative estimate of drug-likeness (QED) is 0.0275. The Balaban J connectivity index is 4.63. The van der Waals surface area contributed by atoms with E-state index in [2.05, 4.69) is 55.6 Å². The van der Waals surface area contributed by atoms with Gasteiger partial charge in [0.05, 0.1) is 37.9 Å². The minimum Gasteiger partial charge on any atom is -0.393 e. The highest BCUT2D eigenvalue weighted by Crippen LogP contribution is 2.43. The maximum Gasteiger partial charge on any atom is 0.472 e. The van der Waals surface area contributed by atoms with E-state index >= 15 is 0 Å². The zero-order chi connectivity index (χ0) is 34.1. The van der Waals surface area contributed by atoms with Gasteiger partial charge < -0.3 is 26.2 Å². The van der Waals surface area contributed by atoms with Crippen LogP contribution in [0.3, 0.4) is 0 Å². The molecule has 0 saturated carbocycles. The largest absolute Gasteiger partial charge is 0.472 e. The second-order valence-electron chi connectivity index (χ2n) is 11.9. The van der Waals surface area contributed by atoms with E-state index < -0.39 is 38.6 Å². The molecule has 0 spiro atoms. The van der Waals surface area contributed by atoms with Crippen molar-refractivity contribution in [3.8, 4) is 0 Å². The van der Waals surface area contributed by atoms with Crippen LogP contribution < -0.4 is 11.1 Å². The summed E-state index contributed by atoms with van der Waals surface area (Å²) in [6, 6.07) is -1.01. The van der Waals surface area contributed by atoms with Gasteiger partial charge >= 0.3 is 7.82 Å². The van der Waals surface area contributed by atoms with Crippen LogP contribution in [0.5, 0.6) is 0 Å². The summed E-state index contributed by atoms with van der Waals surface area (Å²) in [5.41, 5.74) is 5.33. The molecule has 46 heavy (non-hydrogen) atoms. The van der Waals surface area contributed by atoms with Crippen LogP contribution in [0.25, 0.3) is 0 Å². The number of rotatable bonds is 32. The zero-order valence-electron chi connectivity index (χ0n) is 28.9. The van der Waals surface area contributed by atoms with Crippen LogP contribution in [0, 0.1) is 0 Å². The van der Waals surface area contributed by atoms with Gasteiger partial charge in [0.25, 0.3) is 0 Å². The summed E-state index contributed by atoms with van der Waals surface area (Å²) < 4.78 is 21.9. The van der Waals surface area contributed by atoms with E-state index in [0.717, 1.165) is 44.9 Å². The lowest BCUT2D eigenvalue weighted by molar-refractivity contribution is -0.124. The Labute approximate surface area is 280 Å². The van der Waals surface area contributed by atoms with Crippen LogP contribution in [0.1, 0.15) is 136 Å². The third-order valence-corrected chi connectivity index (χ3v) is 8.39. The first-order chi connectivity index (χ1) is 22.3. The Bertz CT molecular complexity index is 878. The molecule has 0 aliphatic rings. The van der Waals surface area contributed by atoms with Gasteiger partial charge in [0.15, 0.2) is 0 Å². The van der Waals surface area contributed by atoms with Gasteiger partial charge in [-0.05, 0) is 70.6 Å². The first kappa shape index (κ1) is 44.4. The average Bonchev–Trinajstić information content (AvgIpc) is 3.03. The van der Waals surface area contributed by atoms with Crippen LogP contribution in [0.2, 0.25) is 0 Å². The summed E-state index contributed by atoms with van der Waals surface area (Å²) in [5.74, 6) is -0.481. The van der Waals surface area contributed by atoms with E-state index in [4.69, 9.17) is 14.8 Å². The molecule has 0 bridgehead atoms. The summed E-state index contributed by atoms with van der Waals surface area (Å²) in [6.45, 7) is 3.84. The van der Waals surface area contributed by atoms with Crippen molar-refractivity contribution in [1.29, 1.82) is 0 Å². The predicted molar refractivity (Wildman–Crippen MR) is 190 cm³/mol. The van der Waals surface area contributed by atoms with E-state index in [0.29, 0.717) is 12.8 Å². The predicted octanol–water partition coefficient (Wildman–Crippen LogP) is 7.96. The van der Waals surface area contributed by atoms with Gasteiger partial charge in [-0.25, -0.2) is 4.57 Å². The molecule has 0 aromatic rings. The first-order valence-corrected chi connectivity index (χ1v) is 19.3. The number of nitrogens with one attached hydrogen (secondary N) is 1. The molecule has 9 nitrogen and oxygen atoms in total. The number of allylic oxidation sites excluding steroid dienone is 7. The molecule has 4 unspecified atom stereocenters. The summed E-state index contributed by atoms with van der Waals surface area (Å²) in [6.07, 6.45) is 33.5. The number of hydrogen-bond donors (Lipinski definition) is 5. The number of aliphatic hydroxyl groups excluding tert-OH is 2. The topological polar surface area (TPSA) is 151 Å². The molecule has 4 atom stereocenters. The number of carbonyl (C=O) groups excluding carboxylic acids is 1. The van der Waals surface area contributed by atoms with Crippen LogP contribution in [0.15, 0.2) is 48.6 Å². The van der Waals surface area contributed by atoms with Crippen molar-refractivity contribution in [2.24, 2.45) is 5.73 Å². The summed E-state index contributed by atoms with van der Waals surface area (Å²) in [4.78, 5) is 22.6. The van der Waals surface area contributed by atoms with Gasteiger partial charge in [0.1, 0.15) is 0 Å². The van der Waals surface area contributed by atoms with Crippen molar-refractivity contribution in [2.45, 2.75) is 154 Å². The molecule has 0 aromatic heterocycles. The zero-order valence-corrected chi connectivity index (χ0v) is 29.8. The monoisotopic (exact) mass is 670 g/mol.